The van der Waals surface area contributed by atoms with Crippen molar-refractivity contribution in [2.24, 2.45) is 11.5 Å². The molecule has 0 atom stereocenters. The van der Waals surface area contributed by atoms with Crippen LogP contribution in [0.15, 0.2) is 60.8 Å². The smallest absolute Gasteiger partial charge is 0.276 e. The van der Waals surface area contributed by atoms with Crippen molar-refractivity contribution in [2.45, 2.75) is 60.8 Å². The summed E-state index contributed by atoms with van der Waals surface area (Å²) in [5.74, 6) is -0.597. The highest BCUT2D eigenvalue weighted by atomic mass is 16.2. The van der Waals surface area contributed by atoms with Crippen LogP contribution in [-0.4, -0.2) is 61.4 Å². The average Bonchev–Trinajstić information content (AvgIpc) is 3.87. The largest absolute Gasteiger partial charge is 0.366 e. The molecule has 52 heavy (non-hydrogen) atoms. The van der Waals surface area contributed by atoms with E-state index >= 15 is 0 Å². The number of rotatable bonds is 11. The second-order valence-corrected chi connectivity index (χ2v) is 12.6. The van der Waals surface area contributed by atoms with Gasteiger partial charge in [-0.05, 0) is 82.6 Å². The van der Waals surface area contributed by atoms with Gasteiger partial charge in [0, 0.05) is 54.3 Å². The van der Waals surface area contributed by atoms with Crippen LogP contribution in [0.25, 0.3) is 44.5 Å². The molecule has 15 heteroatoms. The van der Waals surface area contributed by atoms with Gasteiger partial charge >= 0.3 is 0 Å². The minimum atomic E-state index is -0.567. The van der Waals surface area contributed by atoms with Crippen LogP contribution in [0.2, 0.25) is 0 Å². The summed E-state index contributed by atoms with van der Waals surface area (Å²) in [5.41, 5.74) is 18.4. The maximum Gasteiger partial charge on any atom is 0.276 e. The second-order valence-electron chi connectivity index (χ2n) is 12.6. The third-order valence-electron chi connectivity index (χ3n) is 9.04. The molecule has 3 amide bonds. The molecule has 0 aliphatic heterocycles. The lowest BCUT2D eigenvalue weighted by Gasteiger charge is -2.10. The first kappa shape index (κ1) is 33.8. The van der Waals surface area contributed by atoms with E-state index in [-0.39, 0.29) is 5.91 Å². The van der Waals surface area contributed by atoms with Crippen molar-refractivity contribution >= 4 is 56.6 Å². The first-order valence-corrected chi connectivity index (χ1v) is 16.9. The Hall–Kier alpha value is -6.64. The molecule has 15 nitrogen and oxygen atoms in total. The first-order valence-electron chi connectivity index (χ1n) is 16.9. The summed E-state index contributed by atoms with van der Waals surface area (Å²) >= 11 is 0. The Bertz CT molecular complexity index is 2600. The Kier molecular flexibility index (Phi) is 8.62. The number of carbonyl (C=O) groups is 3. The van der Waals surface area contributed by atoms with Gasteiger partial charge in [-0.2, -0.15) is 10.2 Å². The maximum atomic E-state index is 13.5. The standard InChI is InChI=1S/C37H38N12O3/c1-6-48-29(15-21(4)44-48)34-40-19-26-25-17-23(32(38)50)10-11-28(25)46(35(26)42-34)12-8-9-13-47-31-20(3)14-24(33(39)51)18-27(31)41-37(47)43-36(52)30-16-22(5)45-49(30)7-2/h8-11,14-19H,6-7,12-13H2,1-5H3,(H2,38,50)(H2,39,51)(H,41,43,52)/b9-8+. The van der Waals surface area contributed by atoms with Gasteiger partial charge in [-0.15, -0.1) is 0 Å². The molecule has 0 fully saturated rings. The number of amides is 3. The molecule has 7 aromatic rings. The molecule has 2 aromatic carbocycles. The Labute approximate surface area is 297 Å². The van der Waals surface area contributed by atoms with Crippen molar-refractivity contribution in [2.75, 3.05) is 5.32 Å². The number of nitrogens with one attached hydrogen (secondary N) is 1. The van der Waals surface area contributed by atoms with Crippen LogP contribution < -0.4 is 16.8 Å². The van der Waals surface area contributed by atoms with Crippen LogP contribution in [0, 0.1) is 20.8 Å². The van der Waals surface area contributed by atoms with Crippen molar-refractivity contribution in [3.63, 3.8) is 0 Å². The highest BCUT2D eigenvalue weighted by Crippen LogP contribution is 2.31. The summed E-state index contributed by atoms with van der Waals surface area (Å²) < 4.78 is 7.46. The van der Waals surface area contributed by atoms with Gasteiger partial charge in [0.2, 0.25) is 17.8 Å². The summed E-state index contributed by atoms with van der Waals surface area (Å²) in [6.45, 7) is 11.5. The zero-order valence-corrected chi connectivity index (χ0v) is 29.5. The summed E-state index contributed by atoms with van der Waals surface area (Å²) in [6.07, 6.45) is 5.75. The molecule has 0 saturated heterocycles. The van der Waals surface area contributed by atoms with Crippen LogP contribution in [0.1, 0.15) is 62.0 Å². The van der Waals surface area contributed by atoms with E-state index in [2.05, 4.69) is 20.1 Å². The number of allylic oxidation sites excluding steroid dienone is 2. The number of aromatic nitrogens is 9. The number of fused-ring (bicyclic) bond motifs is 4. The highest BCUT2D eigenvalue weighted by molar-refractivity contribution is 6.09. The number of benzene rings is 2. The average molecular weight is 699 g/mol. The van der Waals surface area contributed by atoms with E-state index in [9.17, 15) is 14.4 Å². The fourth-order valence-corrected chi connectivity index (χ4v) is 6.69. The van der Waals surface area contributed by atoms with Gasteiger partial charge in [-0.3, -0.25) is 29.1 Å². The molecule has 5 N–H and O–H groups in total. The van der Waals surface area contributed by atoms with Crippen LogP contribution >= 0.6 is 0 Å². The molecule has 0 radical (unpaired) electrons. The zero-order valence-electron chi connectivity index (χ0n) is 29.5. The normalized spacial score (nSPS) is 11.8. The minimum Gasteiger partial charge on any atom is -0.366 e. The first-order chi connectivity index (χ1) is 25.0. The number of anilines is 1. The number of carbonyl (C=O) groups excluding carboxylic acids is 3. The fraction of sp³-hybridized carbons (Fsp3) is 0.243. The lowest BCUT2D eigenvalue weighted by Crippen LogP contribution is -2.20. The number of imidazole rings is 1. The molecule has 5 aromatic heterocycles. The Morgan fingerprint density at radius 1 is 0.788 bits per heavy atom. The summed E-state index contributed by atoms with van der Waals surface area (Å²) in [5, 5.41) is 13.5. The third kappa shape index (κ3) is 5.95. The van der Waals surface area contributed by atoms with E-state index in [0.29, 0.717) is 65.9 Å². The number of nitrogens with two attached hydrogens (primary N) is 2. The molecule has 0 aliphatic rings. The molecule has 5 heterocycles. The van der Waals surface area contributed by atoms with E-state index in [4.69, 9.17) is 26.4 Å². The Morgan fingerprint density at radius 3 is 2.19 bits per heavy atom. The molecule has 7 rings (SSSR count). The van der Waals surface area contributed by atoms with Crippen molar-refractivity contribution in [3.05, 3.63) is 94.6 Å². The predicted octanol–water partition coefficient (Wildman–Crippen LogP) is 4.67. The summed E-state index contributed by atoms with van der Waals surface area (Å²) in [7, 11) is 0. The summed E-state index contributed by atoms with van der Waals surface area (Å²) in [4.78, 5) is 52.1. The van der Waals surface area contributed by atoms with Crippen LogP contribution in [0.3, 0.4) is 0 Å². The molecule has 0 bridgehead atoms. The second kappa shape index (κ2) is 13.2. The van der Waals surface area contributed by atoms with E-state index in [1.54, 1.807) is 41.2 Å². The quantitative estimate of drug-likeness (QED) is 0.162. The van der Waals surface area contributed by atoms with Crippen molar-refractivity contribution < 1.29 is 14.4 Å². The van der Waals surface area contributed by atoms with Crippen molar-refractivity contribution in [1.29, 1.82) is 0 Å². The van der Waals surface area contributed by atoms with E-state index in [1.807, 2.05) is 68.2 Å². The van der Waals surface area contributed by atoms with Crippen molar-refractivity contribution in [3.8, 4) is 11.5 Å². The van der Waals surface area contributed by atoms with E-state index < -0.39 is 11.8 Å². The van der Waals surface area contributed by atoms with Crippen LogP contribution in [0.4, 0.5) is 5.95 Å². The van der Waals surface area contributed by atoms with Crippen LogP contribution in [0.5, 0.6) is 0 Å². The van der Waals surface area contributed by atoms with Gasteiger partial charge in [-0.1, -0.05) is 12.2 Å². The van der Waals surface area contributed by atoms with Gasteiger partial charge in [0.25, 0.3) is 5.91 Å². The van der Waals surface area contributed by atoms with Gasteiger partial charge in [0.05, 0.1) is 27.9 Å². The lowest BCUT2D eigenvalue weighted by atomic mass is 10.1. The topological polar surface area (TPSA) is 199 Å². The molecule has 0 aliphatic carbocycles. The molecule has 0 saturated carbocycles. The monoisotopic (exact) mass is 698 g/mol. The van der Waals surface area contributed by atoms with Gasteiger partial charge < -0.3 is 20.6 Å². The number of hydrogen-bond acceptors (Lipinski definition) is 8. The summed E-state index contributed by atoms with van der Waals surface area (Å²) in [6, 6.07) is 12.4. The highest BCUT2D eigenvalue weighted by Gasteiger charge is 2.21. The van der Waals surface area contributed by atoms with Gasteiger partial charge in [0.1, 0.15) is 17.0 Å². The molecule has 0 spiro atoms. The minimum absolute atomic E-state index is 0.312. The van der Waals surface area contributed by atoms with Gasteiger partial charge in [0.15, 0.2) is 5.82 Å². The number of aryl methyl sites for hydroxylation is 5. The Balaban J connectivity index is 1.28. The molecular weight excluding hydrogens is 660 g/mol. The molecule has 0 unspecified atom stereocenters. The van der Waals surface area contributed by atoms with E-state index in [1.165, 1.54) is 0 Å². The SMILES string of the molecule is CCn1nc(C)cc1C(=O)Nc1nc2cc(C(N)=O)cc(C)c2n1C/C=C/Cn1c2ccc(C(N)=O)cc2c2cnc(-c3cc(C)nn3CC)nc21. The third-order valence-corrected chi connectivity index (χ3v) is 9.04. The predicted molar refractivity (Wildman–Crippen MR) is 198 cm³/mol. The number of hydrogen-bond donors (Lipinski definition) is 3. The molecular formula is C37H38N12O3. The maximum absolute atomic E-state index is 13.5. The van der Waals surface area contributed by atoms with Crippen LogP contribution in [-0.2, 0) is 26.2 Å². The van der Waals surface area contributed by atoms with E-state index in [0.717, 1.165) is 44.5 Å². The Morgan fingerprint density at radius 2 is 1.48 bits per heavy atom. The zero-order chi connectivity index (χ0) is 36.8. The fourth-order valence-electron chi connectivity index (χ4n) is 6.69. The number of primary amides is 2. The van der Waals surface area contributed by atoms with Crippen molar-refractivity contribution in [1.82, 2.24) is 43.6 Å². The number of nitrogens with zero attached hydrogens (tertiary/aromatic N) is 9. The molecule has 264 valence electrons. The van der Waals surface area contributed by atoms with Gasteiger partial charge in [-0.25, -0.2) is 15.0 Å². The lowest BCUT2D eigenvalue weighted by molar-refractivity contribution is 0.0992.